The van der Waals surface area contributed by atoms with Gasteiger partial charge < -0.3 is 5.11 Å². The molecule has 1 fully saturated rings. The summed E-state index contributed by atoms with van der Waals surface area (Å²) >= 11 is 0. The summed E-state index contributed by atoms with van der Waals surface area (Å²) in [6.07, 6.45) is 2.30. The number of hydrogen-bond donors (Lipinski definition) is 1. The quantitative estimate of drug-likeness (QED) is 0.729. The second-order valence-corrected chi connectivity index (χ2v) is 3.71. The fraction of sp³-hybridized carbons (Fsp3) is 0.444. The first-order valence-corrected chi connectivity index (χ1v) is 4.67. The smallest absolute Gasteiger partial charge is 0.255 e. The summed E-state index contributed by atoms with van der Waals surface area (Å²) < 4.78 is 1.39. The Morgan fingerprint density at radius 3 is 2.93 bits per heavy atom. The molecule has 5 nitrogen and oxygen atoms in total. The lowest BCUT2D eigenvalue weighted by molar-refractivity contribution is 0.434. The molecule has 0 aromatic carbocycles. The van der Waals surface area contributed by atoms with Crippen LogP contribution in [0.3, 0.4) is 0 Å². The van der Waals surface area contributed by atoms with Crippen molar-refractivity contribution in [2.45, 2.75) is 25.7 Å². The summed E-state index contributed by atoms with van der Waals surface area (Å²) in [6, 6.07) is 1.58. The highest BCUT2D eigenvalue weighted by atomic mass is 16.3. The van der Waals surface area contributed by atoms with Crippen LogP contribution in [0.1, 0.15) is 30.3 Å². The minimum absolute atomic E-state index is 0.104. The van der Waals surface area contributed by atoms with Gasteiger partial charge in [-0.3, -0.25) is 0 Å². The SMILES string of the molecule is Cc1cc(O)n2nc(C3CC3)nc2n1. The molecule has 2 aromatic heterocycles. The van der Waals surface area contributed by atoms with E-state index in [1.54, 1.807) is 6.07 Å². The van der Waals surface area contributed by atoms with Crippen molar-refractivity contribution >= 4 is 5.78 Å². The molecule has 0 bridgehead atoms. The Bertz CT molecular complexity index is 501. The Morgan fingerprint density at radius 1 is 1.43 bits per heavy atom. The summed E-state index contributed by atoms with van der Waals surface area (Å²) in [7, 11) is 0. The highest BCUT2D eigenvalue weighted by Gasteiger charge is 2.28. The summed E-state index contributed by atoms with van der Waals surface area (Å²) in [5.74, 6) is 1.88. The zero-order valence-electron chi connectivity index (χ0n) is 7.80. The van der Waals surface area contributed by atoms with Crippen LogP contribution < -0.4 is 0 Å². The predicted octanol–water partition coefficient (Wildman–Crippen LogP) is 1.02. The van der Waals surface area contributed by atoms with E-state index >= 15 is 0 Å². The summed E-state index contributed by atoms with van der Waals surface area (Å²) in [6.45, 7) is 1.82. The highest BCUT2D eigenvalue weighted by Crippen LogP contribution is 2.38. The first kappa shape index (κ1) is 7.73. The number of rotatable bonds is 1. The van der Waals surface area contributed by atoms with Crippen molar-refractivity contribution in [3.05, 3.63) is 17.6 Å². The van der Waals surface area contributed by atoms with Crippen LogP contribution in [0.25, 0.3) is 5.78 Å². The van der Waals surface area contributed by atoms with Gasteiger partial charge in [0.1, 0.15) is 0 Å². The van der Waals surface area contributed by atoms with Gasteiger partial charge in [0.15, 0.2) is 5.82 Å². The highest BCUT2D eigenvalue weighted by molar-refractivity contribution is 5.34. The fourth-order valence-corrected chi connectivity index (χ4v) is 1.50. The molecule has 0 saturated heterocycles. The van der Waals surface area contributed by atoms with Crippen molar-refractivity contribution in [3.63, 3.8) is 0 Å². The van der Waals surface area contributed by atoms with E-state index in [1.807, 2.05) is 6.92 Å². The first-order chi connectivity index (χ1) is 6.74. The molecule has 0 amide bonds. The molecular weight excluding hydrogens is 180 g/mol. The van der Waals surface area contributed by atoms with E-state index in [4.69, 9.17) is 0 Å². The third kappa shape index (κ3) is 1.05. The van der Waals surface area contributed by atoms with Gasteiger partial charge in [0, 0.05) is 17.7 Å². The van der Waals surface area contributed by atoms with Crippen molar-refractivity contribution in [1.29, 1.82) is 0 Å². The molecule has 1 saturated carbocycles. The maximum absolute atomic E-state index is 9.59. The third-order valence-electron chi connectivity index (χ3n) is 2.38. The molecule has 0 aliphatic heterocycles. The zero-order valence-corrected chi connectivity index (χ0v) is 7.80. The molecule has 0 radical (unpaired) electrons. The molecular formula is C9H10N4O. The van der Waals surface area contributed by atoms with E-state index < -0.39 is 0 Å². The van der Waals surface area contributed by atoms with Crippen LogP contribution >= 0.6 is 0 Å². The van der Waals surface area contributed by atoms with Crippen molar-refractivity contribution in [2.75, 3.05) is 0 Å². The second-order valence-electron chi connectivity index (χ2n) is 3.71. The number of aromatic hydroxyl groups is 1. The Balaban J connectivity index is 2.26. The average Bonchev–Trinajstić information content (AvgIpc) is 2.87. The van der Waals surface area contributed by atoms with Crippen LogP contribution in [-0.4, -0.2) is 24.7 Å². The van der Waals surface area contributed by atoms with Crippen LogP contribution in [0, 0.1) is 6.92 Å². The molecule has 0 unspecified atom stereocenters. The van der Waals surface area contributed by atoms with Crippen LogP contribution in [0.15, 0.2) is 6.07 Å². The van der Waals surface area contributed by atoms with Crippen LogP contribution in [0.5, 0.6) is 5.88 Å². The molecule has 1 N–H and O–H groups in total. The molecule has 1 aliphatic carbocycles. The Hall–Kier alpha value is -1.65. The van der Waals surface area contributed by atoms with Gasteiger partial charge in [0.2, 0.25) is 5.88 Å². The van der Waals surface area contributed by atoms with E-state index in [0.29, 0.717) is 11.7 Å². The molecule has 0 atom stereocenters. The van der Waals surface area contributed by atoms with Crippen molar-refractivity contribution in [3.8, 4) is 5.88 Å². The molecule has 72 valence electrons. The molecule has 2 heterocycles. The Labute approximate surface area is 80.4 Å². The summed E-state index contributed by atoms with van der Waals surface area (Å²) in [4.78, 5) is 8.47. The zero-order chi connectivity index (χ0) is 9.71. The molecule has 2 aromatic rings. The molecule has 5 heteroatoms. The second kappa shape index (κ2) is 2.43. The number of fused-ring (bicyclic) bond motifs is 1. The van der Waals surface area contributed by atoms with Gasteiger partial charge >= 0.3 is 0 Å². The normalized spacial score (nSPS) is 16.4. The molecule has 1 aliphatic rings. The van der Waals surface area contributed by atoms with Gasteiger partial charge in [-0.2, -0.15) is 9.50 Å². The van der Waals surface area contributed by atoms with Gasteiger partial charge in [0.05, 0.1) is 0 Å². The number of aromatic nitrogens is 4. The Kier molecular flexibility index (Phi) is 1.34. The predicted molar refractivity (Wildman–Crippen MR) is 49.2 cm³/mol. The topological polar surface area (TPSA) is 63.3 Å². The minimum Gasteiger partial charge on any atom is -0.493 e. The minimum atomic E-state index is 0.104. The van der Waals surface area contributed by atoms with E-state index in [9.17, 15) is 5.11 Å². The lowest BCUT2D eigenvalue weighted by Crippen LogP contribution is -1.93. The fourth-order valence-electron chi connectivity index (χ4n) is 1.50. The lowest BCUT2D eigenvalue weighted by atomic mass is 10.4. The molecule has 0 spiro atoms. The van der Waals surface area contributed by atoms with E-state index in [2.05, 4.69) is 15.1 Å². The van der Waals surface area contributed by atoms with Gasteiger partial charge in [-0.15, -0.1) is 5.10 Å². The number of hydrogen-bond acceptors (Lipinski definition) is 4. The van der Waals surface area contributed by atoms with Gasteiger partial charge in [-0.1, -0.05) is 0 Å². The van der Waals surface area contributed by atoms with E-state index in [1.165, 1.54) is 4.52 Å². The largest absolute Gasteiger partial charge is 0.493 e. The van der Waals surface area contributed by atoms with Crippen LogP contribution in [0.4, 0.5) is 0 Å². The van der Waals surface area contributed by atoms with Crippen LogP contribution in [-0.2, 0) is 0 Å². The summed E-state index contributed by atoms with van der Waals surface area (Å²) in [5, 5.41) is 13.8. The van der Waals surface area contributed by atoms with Gasteiger partial charge in [0.25, 0.3) is 5.78 Å². The average molecular weight is 190 g/mol. The summed E-state index contributed by atoms with van der Waals surface area (Å²) in [5.41, 5.74) is 0.754. The lowest BCUT2D eigenvalue weighted by Gasteiger charge is -1.95. The Morgan fingerprint density at radius 2 is 2.21 bits per heavy atom. The maximum Gasteiger partial charge on any atom is 0.255 e. The molecule has 3 rings (SSSR count). The van der Waals surface area contributed by atoms with Gasteiger partial charge in [-0.25, -0.2) is 4.98 Å². The monoisotopic (exact) mass is 190 g/mol. The first-order valence-electron chi connectivity index (χ1n) is 4.67. The third-order valence-corrected chi connectivity index (χ3v) is 2.38. The van der Waals surface area contributed by atoms with Crippen molar-refractivity contribution in [2.24, 2.45) is 0 Å². The van der Waals surface area contributed by atoms with Crippen molar-refractivity contribution < 1.29 is 5.11 Å². The molecule has 14 heavy (non-hydrogen) atoms. The number of nitrogens with zero attached hydrogens (tertiary/aromatic N) is 4. The van der Waals surface area contributed by atoms with Crippen molar-refractivity contribution in [1.82, 2.24) is 19.6 Å². The van der Waals surface area contributed by atoms with Crippen LogP contribution in [0.2, 0.25) is 0 Å². The number of aryl methyl sites for hydroxylation is 1. The standard InChI is InChI=1S/C9H10N4O/c1-5-4-7(14)13-9(10-5)11-8(12-13)6-2-3-6/h4,6,14H,2-3H2,1H3. The maximum atomic E-state index is 9.59. The van der Waals surface area contributed by atoms with E-state index in [-0.39, 0.29) is 5.88 Å². The van der Waals surface area contributed by atoms with E-state index in [0.717, 1.165) is 24.4 Å². The van der Waals surface area contributed by atoms with Gasteiger partial charge in [-0.05, 0) is 19.8 Å².